The van der Waals surface area contributed by atoms with Gasteiger partial charge in [0.05, 0.1) is 13.2 Å². The van der Waals surface area contributed by atoms with Crippen LogP contribution in [0.25, 0.3) is 0 Å². The van der Waals surface area contributed by atoms with Crippen LogP contribution in [-0.4, -0.2) is 19.6 Å². The van der Waals surface area contributed by atoms with Crippen LogP contribution in [0.1, 0.15) is 24.1 Å². The Bertz CT molecular complexity index is 605. The van der Waals surface area contributed by atoms with Crippen LogP contribution < -0.4 is 14.8 Å². The monoisotopic (exact) mass is 299 g/mol. The average Bonchev–Trinajstić information content (AvgIpc) is 2.54. The SMILES string of the molecule is COc1ccc([C@H](C)NC(=O)COc2ccc(C)cc2)cc1. The van der Waals surface area contributed by atoms with Gasteiger partial charge in [-0.2, -0.15) is 0 Å². The van der Waals surface area contributed by atoms with Gasteiger partial charge in [0.25, 0.3) is 5.91 Å². The maximum absolute atomic E-state index is 11.9. The van der Waals surface area contributed by atoms with Gasteiger partial charge in [0.2, 0.25) is 0 Å². The number of carbonyl (C=O) groups is 1. The van der Waals surface area contributed by atoms with Gasteiger partial charge in [-0.05, 0) is 43.7 Å². The molecule has 22 heavy (non-hydrogen) atoms. The highest BCUT2D eigenvalue weighted by molar-refractivity contribution is 5.78. The summed E-state index contributed by atoms with van der Waals surface area (Å²) in [6, 6.07) is 15.2. The second-order valence-corrected chi connectivity index (χ2v) is 5.16. The van der Waals surface area contributed by atoms with Crippen LogP contribution in [0.15, 0.2) is 48.5 Å². The number of hydrogen-bond acceptors (Lipinski definition) is 3. The van der Waals surface area contributed by atoms with Gasteiger partial charge in [-0.15, -0.1) is 0 Å². The fourth-order valence-corrected chi connectivity index (χ4v) is 2.04. The molecular formula is C18H21NO3. The lowest BCUT2D eigenvalue weighted by atomic mass is 10.1. The molecule has 0 aliphatic carbocycles. The van der Waals surface area contributed by atoms with Crippen molar-refractivity contribution in [2.75, 3.05) is 13.7 Å². The highest BCUT2D eigenvalue weighted by Crippen LogP contribution is 2.17. The van der Waals surface area contributed by atoms with Crippen molar-refractivity contribution in [3.05, 3.63) is 59.7 Å². The van der Waals surface area contributed by atoms with E-state index < -0.39 is 0 Å². The molecule has 1 N–H and O–H groups in total. The van der Waals surface area contributed by atoms with Crippen LogP contribution in [-0.2, 0) is 4.79 Å². The topological polar surface area (TPSA) is 47.6 Å². The van der Waals surface area contributed by atoms with Crippen molar-refractivity contribution < 1.29 is 14.3 Å². The molecule has 2 aromatic rings. The predicted molar refractivity (Wildman–Crippen MR) is 86.2 cm³/mol. The molecule has 4 heteroatoms. The lowest BCUT2D eigenvalue weighted by molar-refractivity contribution is -0.123. The second-order valence-electron chi connectivity index (χ2n) is 5.16. The van der Waals surface area contributed by atoms with Crippen molar-refractivity contribution in [2.45, 2.75) is 19.9 Å². The second kappa shape index (κ2) is 7.50. The zero-order valence-corrected chi connectivity index (χ0v) is 13.1. The fourth-order valence-electron chi connectivity index (χ4n) is 2.04. The summed E-state index contributed by atoms with van der Waals surface area (Å²) in [5, 5.41) is 2.91. The molecule has 4 nitrogen and oxygen atoms in total. The first-order valence-corrected chi connectivity index (χ1v) is 7.21. The minimum absolute atomic E-state index is 0.00353. The maximum Gasteiger partial charge on any atom is 0.258 e. The molecule has 0 saturated heterocycles. The molecule has 0 unspecified atom stereocenters. The number of nitrogens with one attached hydrogen (secondary N) is 1. The Hall–Kier alpha value is -2.49. The number of rotatable bonds is 6. The van der Waals surface area contributed by atoms with Crippen LogP contribution in [0.4, 0.5) is 0 Å². The smallest absolute Gasteiger partial charge is 0.258 e. The van der Waals surface area contributed by atoms with Crippen molar-refractivity contribution >= 4 is 5.91 Å². The molecule has 0 bridgehead atoms. The standard InChI is InChI=1S/C18H21NO3/c1-13-4-8-17(9-5-13)22-12-18(20)19-14(2)15-6-10-16(21-3)11-7-15/h4-11,14H,12H2,1-3H3,(H,19,20)/t14-/m0/s1. The molecule has 0 aliphatic heterocycles. The van der Waals surface area contributed by atoms with Crippen LogP contribution in [0.3, 0.4) is 0 Å². The van der Waals surface area contributed by atoms with E-state index in [1.165, 1.54) is 0 Å². The van der Waals surface area contributed by atoms with E-state index in [2.05, 4.69) is 5.32 Å². The molecule has 1 atom stereocenters. The Kier molecular flexibility index (Phi) is 5.42. The van der Waals surface area contributed by atoms with Gasteiger partial charge in [-0.25, -0.2) is 0 Å². The molecule has 2 rings (SSSR count). The van der Waals surface area contributed by atoms with Crippen molar-refractivity contribution in [3.63, 3.8) is 0 Å². The van der Waals surface area contributed by atoms with Gasteiger partial charge in [0.1, 0.15) is 11.5 Å². The van der Waals surface area contributed by atoms with Gasteiger partial charge in [0, 0.05) is 0 Å². The summed E-state index contributed by atoms with van der Waals surface area (Å²) in [5.41, 5.74) is 2.18. The van der Waals surface area contributed by atoms with Crippen molar-refractivity contribution in [1.82, 2.24) is 5.32 Å². The molecule has 0 fully saturated rings. The Morgan fingerprint density at radius 3 is 2.23 bits per heavy atom. The van der Waals surface area contributed by atoms with Crippen LogP contribution >= 0.6 is 0 Å². The molecule has 0 aromatic heterocycles. The molecule has 116 valence electrons. The first kappa shape index (κ1) is 15.9. The van der Waals surface area contributed by atoms with Crippen LogP contribution in [0.5, 0.6) is 11.5 Å². The van der Waals surface area contributed by atoms with Gasteiger partial charge < -0.3 is 14.8 Å². The number of methoxy groups -OCH3 is 1. The van der Waals surface area contributed by atoms with Gasteiger partial charge in [-0.1, -0.05) is 29.8 Å². The van der Waals surface area contributed by atoms with E-state index in [0.29, 0.717) is 5.75 Å². The molecule has 0 heterocycles. The molecule has 0 aliphatic rings. The highest BCUT2D eigenvalue weighted by Gasteiger charge is 2.10. The Labute approximate surface area is 131 Å². The third-order valence-electron chi connectivity index (χ3n) is 3.38. The quantitative estimate of drug-likeness (QED) is 0.890. The fraction of sp³-hybridized carbons (Fsp3) is 0.278. The molecule has 1 amide bonds. The van der Waals surface area contributed by atoms with E-state index in [-0.39, 0.29) is 18.6 Å². The minimum atomic E-state index is -0.149. The third kappa shape index (κ3) is 4.52. The van der Waals surface area contributed by atoms with E-state index >= 15 is 0 Å². The molecule has 0 saturated carbocycles. The molecular weight excluding hydrogens is 278 g/mol. The van der Waals surface area contributed by atoms with E-state index in [0.717, 1.165) is 16.9 Å². The summed E-state index contributed by atoms with van der Waals surface area (Å²) in [6.45, 7) is 3.95. The lowest BCUT2D eigenvalue weighted by Gasteiger charge is -2.15. The Morgan fingerprint density at radius 1 is 1.05 bits per heavy atom. The zero-order valence-electron chi connectivity index (χ0n) is 13.1. The maximum atomic E-state index is 11.9. The molecule has 0 radical (unpaired) electrons. The van der Waals surface area contributed by atoms with E-state index in [1.54, 1.807) is 7.11 Å². The summed E-state index contributed by atoms with van der Waals surface area (Å²) >= 11 is 0. The van der Waals surface area contributed by atoms with Gasteiger partial charge in [0.15, 0.2) is 6.61 Å². The summed E-state index contributed by atoms with van der Waals surface area (Å²) in [4.78, 5) is 11.9. The summed E-state index contributed by atoms with van der Waals surface area (Å²) in [5.74, 6) is 1.34. The van der Waals surface area contributed by atoms with Crippen LogP contribution in [0.2, 0.25) is 0 Å². The molecule has 2 aromatic carbocycles. The van der Waals surface area contributed by atoms with E-state index in [9.17, 15) is 4.79 Å². The summed E-state index contributed by atoms with van der Waals surface area (Å²) < 4.78 is 10.6. The number of aryl methyl sites for hydroxylation is 1. The highest BCUT2D eigenvalue weighted by atomic mass is 16.5. The number of amides is 1. The number of carbonyl (C=O) groups excluding carboxylic acids is 1. The number of ether oxygens (including phenoxy) is 2. The lowest BCUT2D eigenvalue weighted by Crippen LogP contribution is -2.31. The van der Waals surface area contributed by atoms with Crippen molar-refractivity contribution in [2.24, 2.45) is 0 Å². The summed E-state index contributed by atoms with van der Waals surface area (Å²) in [7, 11) is 1.63. The normalized spacial score (nSPS) is 11.6. The van der Waals surface area contributed by atoms with Gasteiger partial charge >= 0.3 is 0 Å². The third-order valence-corrected chi connectivity index (χ3v) is 3.38. The largest absolute Gasteiger partial charge is 0.497 e. The Balaban J connectivity index is 1.83. The van der Waals surface area contributed by atoms with Crippen molar-refractivity contribution in [3.8, 4) is 11.5 Å². The van der Waals surface area contributed by atoms with Crippen LogP contribution in [0, 0.1) is 6.92 Å². The predicted octanol–water partition coefficient (Wildman–Crippen LogP) is 3.26. The summed E-state index contributed by atoms with van der Waals surface area (Å²) in [6.07, 6.45) is 0. The first-order chi connectivity index (χ1) is 10.6. The zero-order chi connectivity index (χ0) is 15.9. The van der Waals surface area contributed by atoms with Crippen molar-refractivity contribution in [1.29, 1.82) is 0 Å². The minimum Gasteiger partial charge on any atom is -0.497 e. The number of hydrogen-bond donors (Lipinski definition) is 1. The Morgan fingerprint density at radius 2 is 1.64 bits per heavy atom. The van der Waals surface area contributed by atoms with E-state index in [4.69, 9.17) is 9.47 Å². The number of benzene rings is 2. The van der Waals surface area contributed by atoms with Gasteiger partial charge in [-0.3, -0.25) is 4.79 Å². The van der Waals surface area contributed by atoms with E-state index in [1.807, 2.05) is 62.4 Å². The average molecular weight is 299 g/mol. The molecule has 0 spiro atoms. The first-order valence-electron chi connectivity index (χ1n) is 7.21.